The molecule has 1 saturated heterocycles. The first-order chi connectivity index (χ1) is 17.8. The number of aromatic nitrogens is 2. The Morgan fingerprint density at radius 3 is 2.59 bits per heavy atom. The molecular formula is C26H37FN6O4. The highest BCUT2D eigenvalue weighted by atomic mass is 19.1. The summed E-state index contributed by atoms with van der Waals surface area (Å²) in [7, 11) is 0. The third-order valence-electron chi connectivity index (χ3n) is 6.82. The van der Waals surface area contributed by atoms with E-state index < -0.39 is 18.0 Å². The van der Waals surface area contributed by atoms with Crippen molar-refractivity contribution in [3.05, 3.63) is 35.4 Å². The number of aliphatic hydroxyl groups is 1. The zero-order valence-electron chi connectivity index (χ0n) is 21.7. The van der Waals surface area contributed by atoms with E-state index in [4.69, 9.17) is 9.36 Å². The summed E-state index contributed by atoms with van der Waals surface area (Å²) in [6, 6.07) is 4.97. The smallest absolute Gasteiger partial charge is 0.324 e. The molecule has 3 N–H and O–H groups in total. The molecule has 37 heavy (non-hydrogen) atoms. The first-order valence-electron chi connectivity index (χ1n) is 13.1. The molecule has 1 atom stereocenters. The van der Waals surface area contributed by atoms with Crippen LogP contribution in [0.4, 0.5) is 20.9 Å². The van der Waals surface area contributed by atoms with Crippen LogP contribution in [-0.4, -0.2) is 58.8 Å². The van der Waals surface area contributed by atoms with Gasteiger partial charge in [0.1, 0.15) is 11.9 Å². The van der Waals surface area contributed by atoms with Crippen LogP contribution in [0.3, 0.4) is 0 Å². The molecule has 1 aliphatic heterocycles. The Hall–Kier alpha value is -3.21. The molecular weight excluding hydrogens is 479 g/mol. The Morgan fingerprint density at radius 1 is 1.24 bits per heavy atom. The van der Waals surface area contributed by atoms with E-state index in [1.54, 1.807) is 13.0 Å². The van der Waals surface area contributed by atoms with E-state index in [1.807, 2.05) is 19.9 Å². The Kier molecular flexibility index (Phi) is 8.96. The van der Waals surface area contributed by atoms with Crippen molar-refractivity contribution >= 4 is 23.4 Å². The lowest BCUT2D eigenvalue weighted by Gasteiger charge is -2.29. The predicted octanol–water partition coefficient (Wildman–Crippen LogP) is 4.53. The zero-order valence-corrected chi connectivity index (χ0v) is 21.7. The monoisotopic (exact) mass is 516 g/mol. The Morgan fingerprint density at radius 2 is 1.97 bits per heavy atom. The minimum Gasteiger partial charge on any atom is -0.392 e. The molecule has 2 amide bonds. The van der Waals surface area contributed by atoms with Crippen LogP contribution in [0, 0.1) is 5.82 Å². The molecule has 2 fully saturated rings. The SMILES string of the molecule is CC(O)CNC(=O)Nc1ccc(C2CCC(=NOC3CCN(c4nc(C(C)C)no4)CC3)CC2)cc1F. The number of hydrogen-bond donors (Lipinski definition) is 3. The van der Waals surface area contributed by atoms with Crippen LogP contribution in [0.2, 0.25) is 0 Å². The van der Waals surface area contributed by atoms with Gasteiger partial charge in [-0.3, -0.25) is 0 Å². The van der Waals surface area contributed by atoms with Crippen LogP contribution in [0.25, 0.3) is 0 Å². The molecule has 11 heteroatoms. The number of hydrogen-bond acceptors (Lipinski definition) is 8. The average molecular weight is 517 g/mol. The molecule has 10 nitrogen and oxygen atoms in total. The second-order valence-corrected chi connectivity index (χ2v) is 10.2. The fourth-order valence-electron chi connectivity index (χ4n) is 4.56. The average Bonchev–Trinajstić information content (AvgIpc) is 3.39. The molecule has 1 aromatic heterocycles. The van der Waals surface area contributed by atoms with E-state index in [2.05, 4.69) is 30.8 Å². The largest absolute Gasteiger partial charge is 0.392 e. The molecule has 0 spiro atoms. The third kappa shape index (κ3) is 7.41. The molecule has 2 aromatic rings. The maximum Gasteiger partial charge on any atom is 0.324 e. The molecule has 1 unspecified atom stereocenters. The second kappa shape index (κ2) is 12.4. The van der Waals surface area contributed by atoms with Crippen LogP contribution in [0.1, 0.15) is 82.5 Å². The summed E-state index contributed by atoms with van der Waals surface area (Å²) >= 11 is 0. The van der Waals surface area contributed by atoms with Gasteiger partial charge in [-0.25, -0.2) is 9.18 Å². The molecule has 0 bridgehead atoms. The Labute approximate surface area is 216 Å². The van der Waals surface area contributed by atoms with Crippen molar-refractivity contribution in [3.8, 4) is 0 Å². The standard InChI is InChI=1S/C26H37FN6O4/c1-16(2)24-30-26(37-32-24)33-12-10-21(11-13-33)36-31-20-7-4-18(5-8-20)19-6-9-23(22(27)14-19)29-25(35)28-15-17(3)34/h6,9,14,16-18,21,34H,4-5,7-8,10-13,15H2,1-3H3,(H2,28,29,35). The number of anilines is 2. The van der Waals surface area contributed by atoms with Crippen molar-refractivity contribution in [2.45, 2.75) is 83.3 Å². The van der Waals surface area contributed by atoms with Crippen molar-refractivity contribution in [2.75, 3.05) is 29.9 Å². The van der Waals surface area contributed by atoms with Gasteiger partial charge in [0.15, 0.2) is 5.82 Å². The number of rotatable bonds is 8. The molecule has 1 aromatic carbocycles. The second-order valence-electron chi connectivity index (χ2n) is 10.2. The third-order valence-corrected chi connectivity index (χ3v) is 6.82. The van der Waals surface area contributed by atoms with E-state index in [0.29, 0.717) is 6.01 Å². The number of oxime groups is 1. The van der Waals surface area contributed by atoms with Gasteiger partial charge in [0.2, 0.25) is 0 Å². The summed E-state index contributed by atoms with van der Waals surface area (Å²) in [5, 5.41) is 22.7. The van der Waals surface area contributed by atoms with Gasteiger partial charge in [0.25, 0.3) is 0 Å². The summed E-state index contributed by atoms with van der Waals surface area (Å²) in [6.45, 7) is 7.31. The number of urea groups is 1. The van der Waals surface area contributed by atoms with Crippen molar-refractivity contribution in [1.82, 2.24) is 15.5 Å². The molecule has 1 saturated carbocycles. The first-order valence-corrected chi connectivity index (χ1v) is 13.1. The highest BCUT2D eigenvalue weighted by molar-refractivity contribution is 5.89. The van der Waals surface area contributed by atoms with E-state index in [9.17, 15) is 14.3 Å². The fraction of sp³-hybridized carbons (Fsp3) is 0.615. The van der Waals surface area contributed by atoms with Gasteiger partial charge in [-0.05, 0) is 56.2 Å². The highest BCUT2D eigenvalue weighted by Crippen LogP contribution is 2.33. The maximum absolute atomic E-state index is 14.6. The van der Waals surface area contributed by atoms with Crippen molar-refractivity contribution in [1.29, 1.82) is 0 Å². The van der Waals surface area contributed by atoms with Gasteiger partial charge >= 0.3 is 12.0 Å². The number of aliphatic hydroxyl groups excluding tert-OH is 1. The molecule has 0 radical (unpaired) electrons. The number of nitrogens with one attached hydrogen (secondary N) is 2. The number of halogens is 1. The van der Waals surface area contributed by atoms with E-state index in [0.717, 1.165) is 68.7 Å². The first kappa shape index (κ1) is 26.8. The summed E-state index contributed by atoms with van der Waals surface area (Å²) in [5.41, 5.74) is 2.08. The number of piperidine rings is 1. The molecule has 2 aliphatic rings. The summed E-state index contributed by atoms with van der Waals surface area (Å²) in [4.78, 5) is 24.3. The number of amides is 2. The van der Waals surface area contributed by atoms with Gasteiger partial charge in [0, 0.05) is 38.4 Å². The van der Waals surface area contributed by atoms with Gasteiger partial charge in [0.05, 0.1) is 17.5 Å². The fourth-order valence-corrected chi connectivity index (χ4v) is 4.56. The molecule has 1 aliphatic carbocycles. The van der Waals surface area contributed by atoms with Gasteiger partial charge in [-0.15, -0.1) is 0 Å². The van der Waals surface area contributed by atoms with Gasteiger partial charge < -0.3 is 30.0 Å². The normalized spacial score (nSPS) is 19.6. The molecule has 202 valence electrons. The summed E-state index contributed by atoms with van der Waals surface area (Å²) < 4.78 is 20.0. The zero-order chi connectivity index (χ0) is 26.4. The predicted molar refractivity (Wildman–Crippen MR) is 138 cm³/mol. The van der Waals surface area contributed by atoms with Gasteiger partial charge in [-0.1, -0.05) is 30.2 Å². The van der Waals surface area contributed by atoms with Gasteiger partial charge in [-0.2, -0.15) is 4.98 Å². The number of carbonyl (C=O) groups excluding carboxylic acids is 1. The topological polar surface area (TPSA) is 125 Å². The summed E-state index contributed by atoms with van der Waals surface area (Å²) in [6.07, 6.45) is 4.46. The van der Waals surface area contributed by atoms with Crippen LogP contribution in [-0.2, 0) is 4.84 Å². The maximum atomic E-state index is 14.6. The highest BCUT2D eigenvalue weighted by Gasteiger charge is 2.26. The van der Waals surface area contributed by atoms with Crippen LogP contribution < -0.4 is 15.5 Å². The Balaban J connectivity index is 1.20. The van der Waals surface area contributed by atoms with Crippen molar-refractivity contribution < 1.29 is 23.7 Å². The van der Waals surface area contributed by atoms with E-state index in [-0.39, 0.29) is 30.2 Å². The van der Waals surface area contributed by atoms with Crippen molar-refractivity contribution in [3.63, 3.8) is 0 Å². The lowest BCUT2D eigenvalue weighted by atomic mass is 9.83. The summed E-state index contributed by atoms with van der Waals surface area (Å²) in [5.74, 6) is 0.724. The number of nitrogens with zero attached hydrogens (tertiary/aromatic N) is 4. The molecule has 4 rings (SSSR count). The molecule has 2 heterocycles. The van der Waals surface area contributed by atoms with Crippen LogP contribution in [0.5, 0.6) is 0 Å². The lowest BCUT2D eigenvalue weighted by molar-refractivity contribution is 0.0401. The number of carbonyl (C=O) groups is 1. The van der Waals surface area contributed by atoms with Crippen molar-refractivity contribution in [2.24, 2.45) is 5.16 Å². The van der Waals surface area contributed by atoms with Crippen LogP contribution in [0.15, 0.2) is 27.9 Å². The minimum absolute atomic E-state index is 0.0703. The quantitative estimate of drug-likeness (QED) is 0.440. The lowest BCUT2D eigenvalue weighted by Crippen LogP contribution is -2.36. The van der Waals surface area contributed by atoms with E-state index in [1.165, 1.54) is 6.07 Å². The number of benzene rings is 1. The van der Waals surface area contributed by atoms with E-state index >= 15 is 0 Å². The van der Waals surface area contributed by atoms with Crippen LogP contribution >= 0.6 is 0 Å². The Bertz CT molecular complexity index is 1070. The minimum atomic E-state index is -0.669.